The molecule has 2 saturated heterocycles. The molecule has 2 atom stereocenters. The molecule has 0 spiro atoms. The summed E-state index contributed by atoms with van der Waals surface area (Å²) >= 11 is 0. The lowest BCUT2D eigenvalue weighted by Crippen LogP contribution is -2.46. The molecule has 0 aromatic carbocycles. The van der Waals surface area contributed by atoms with Crippen molar-refractivity contribution in [1.82, 2.24) is 14.9 Å². The Balaban J connectivity index is 0.000000807. The maximum Gasteiger partial charge on any atom is 0.300 e. The average molecular weight is 328 g/mol. The summed E-state index contributed by atoms with van der Waals surface area (Å²) in [6, 6.07) is 4.90. The predicted molar refractivity (Wildman–Crippen MR) is 83.2 cm³/mol. The zero-order valence-electron chi connectivity index (χ0n) is 11.2. The summed E-state index contributed by atoms with van der Waals surface area (Å²) in [6.07, 6.45) is 2.69. The molecule has 4 rings (SSSR count). The summed E-state index contributed by atoms with van der Waals surface area (Å²) in [4.78, 5) is 13.3. The van der Waals surface area contributed by atoms with E-state index in [1.807, 2.05) is 0 Å². The van der Waals surface area contributed by atoms with E-state index in [0.29, 0.717) is 28.9 Å². The first-order valence-corrected chi connectivity index (χ1v) is 6.49. The SMILES string of the molecule is Cl.Cl.N#Cc1cnc2nc(N3CCN4CC[C@@H]3C4)oc2c1. The minimum absolute atomic E-state index is 0. The van der Waals surface area contributed by atoms with E-state index in [9.17, 15) is 0 Å². The molecule has 2 aromatic heterocycles. The molecule has 8 heteroatoms. The van der Waals surface area contributed by atoms with Crippen LogP contribution >= 0.6 is 24.8 Å². The molecule has 1 unspecified atom stereocenters. The summed E-state index contributed by atoms with van der Waals surface area (Å²) in [5, 5.41) is 8.87. The Morgan fingerprint density at radius 1 is 1.29 bits per heavy atom. The Kier molecular flexibility index (Phi) is 4.57. The van der Waals surface area contributed by atoms with Gasteiger partial charge in [-0.3, -0.25) is 4.90 Å². The molecule has 0 aliphatic carbocycles. The Morgan fingerprint density at radius 3 is 2.95 bits per heavy atom. The van der Waals surface area contributed by atoms with Gasteiger partial charge in [0.15, 0.2) is 5.58 Å². The smallest absolute Gasteiger partial charge is 0.300 e. The number of nitriles is 1. The van der Waals surface area contributed by atoms with Gasteiger partial charge in [-0.2, -0.15) is 10.2 Å². The number of piperazine rings is 1. The van der Waals surface area contributed by atoms with Crippen LogP contribution in [0.5, 0.6) is 0 Å². The Labute approximate surface area is 134 Å². The zero-order valence-corrected chi connectivity index (χ0v) is 12.9. The molecule has 2 aliphatic rings. The summed E-state index contributed by atoms with van der Waals surface area (Å²) in [5.41, 5.74) is 1.67. The van der Waals surface area contributed by atoms with Crippen LogP contribution in [0.4, 0.5) is 6.01 Å². The second-order valence-corrected chi connectivity index (χ2v) is 5.09. The van der Waals surface area contributed by atoms with Crippen LogP contribution in [0.25, 0.3) is 11.2 Å². The number of anilines is 1. The van der Waals surface area contributed by atoms with Gasteiger partial charge in [0.1, 0.15) is 6.07 Å². The number of rotatable bonds is 1. The van der Waals surface area contributed by atoms with Crippen LogP contribution in [0.1, 0.15) is 12.0 Å². The highest BCUT2D eigenvalue weighted by atomic mass is 35.5. The number of oxazole rings is 1. The second kappa shape index (κ2) is 6.06. The Morgan fingerprint density at radius 2 is 2.14 bits per heavy atom. The summed E-state index contributed by atoms with van der Waals surface area (Å²) in [6.45, 7) is 4.27. The monoisotopic (exact) mass is 327 g/mol. The predicted octanol–water partition coefficient (Wildman–Crippen LogP) is 1.83. The van der Waals surface area contributed by atoms with E-state index in [4.69, 9.17) is 9.68 Å². The van der Waals surface area contributed by atoms with Crippen molar-refractivity contribution < 1.29 is 4.42 Å². The van der Waals surface area contributed by atoms with Gasteiger partial charge in [-0.05, 0) is 6.42 Å². The van der Waals surface area contributed by atoms with Crippen molar-refractivity contribution in [2.24, 2.45) is 0 Å². The van der Waals surface area contributed by atoms with Gasteiger partial charge >= 0.3 is 0 Å². The highest BCUT2D eigenvalue weighted by Gasteiger charge is 2.34. The maximum absolute atomic E-state index is 8.87. The van der Waals surface area contributed by atoms with Crippen molar-refractivity contribution in [3.05, 3.63) is 17.8 Å². The molecule has 6 nitrogen and oxygen atoms in total. The van der Waals surface area contributed by atoms with Gasteiger partial charge in [-0.15, -0.1) is 24.8 Å². The van der Waals surface area contributed by atoms with Crippen molar-refractivity contribution >= 4 is 42.1 Å². The van der Waals surface area contributed by atoms with Gasteiger partial charge < -0.3 is 9.32 Å². The van der Waals surface area contributed by atoms with Crippen molar-refractivity contribution in [1.29, 1.82) is 5.26 Å². The normalized spacial score (nSPS) is 23.3. The van der Waals surface area contributed by atoms with E-state index in [1.165, 1.54) is 6.20 Å². The standard InChI is InChI=1S/C13H13N5O.2ClH/c14-6-9-5-11-12(15-7-9)16-13(19-11)18-4-3-17-2-1-10(18)8-17;;/h5,7,10H,1-4,8H2;2*1H/t10-;;/m1../s1. The molecule has 21 heavy (non-hydrogen) atoms. The van der Waals surface area contributed by atoms with Gasteiger partial charge in [0.2, 0.25) is 5.65 Å². The molecule has 2 aromatic rings. The third-order valence-corrected chi connectivity index (χ3v) is 3.96. The lowest BCUT2D eigenvalue weighted by Gasteiger charge is -2.32. The first-order valence-electron chi connectivity index (χ1n) is 6.49. The molecule has 0 amide bonds. The fourth-order valence-corrected chi connectivity index (χ4v) is 2.95. The maximum atomic E-state index is 8.87. The number of aromatic nitrogens is 2. The van der Waals surface area contributed by atoms with Crippen LogP contribution in [0, 0.1) is 11.3 Å². The molecule has 112 valence electrons. The van der Waals surface area contributed by atoms with Crippen molar-refractivity contribution in [2.45, 2.75) is 12.5 Å². The molecule has 2 bridgehead atoms. The van der Waals surface area contributed by atoms with Gasteiger partial charge in [0.25, 0.3) is 6.01 Å². The van der Waals surface area contributed by atoms with Crippen molar-refractivity contribution in [3.8, 4) is 6.07 Å². The van der Waals surface area contributed by atoms with Crippen LogP contribution in [0.15, 0.2) is 16.7 Å². The fourth-order valence-electron chi connectivity index (χ4n) is 2.95. The van der Waals surface area contributed by atoms with E-state index in [2.05, 4.69) is 25.8 Å². The third-order valence-electron chi connectivity index (χ3n) is 3.96. The molecular weight excluding hydrogens is 313 g/mol. The van der Waals surface area contributed by atoms with Crippen LogP contribution < -0.4 is 4.90 Å². The minimum Gasteiger partial charge on any atom is -0.422 e. The van der Waals surface area contributed by atoms with Crippen LogP contribution in [-0.2, 0) is 0 Å². The zero-order chi connectivity index (χ0) is 12.8. The Bertz CT molecular complexity index is 683. The van der Waals surface area contributed by atoms with E-state index in [1.54, 1.807) is 6.07 Å². The van der Waals surface area contributed by atoms with Gasteiger partial charge in [0, 0.05) is 44.5 Å². The molecule has 2 fully saturated rings. The number of nitrogens with zero attached hydrogens (tertiary/aromatic N) is 5. The van der Waals surface area contributed by atoms with Gasteiger partial charge in [-0.1, -0.05) is 0 Å². The topological polar surface area (TPSA) is 69.2 Å². The molecule has 0 N–H and O–H groups in total. The number of hydrogen-bond donors (Lipinski definition) is 0. The Hall–Kier alpha value is -1.55. The van der Waals surface area contributed by atoms with E-state index >= 15 is 0 Å². The number of halogens is 2. The quantitative estimate of drug-likeness (QED) is 0.795. The van der Waals surface area contributed by atoms with E-state index < -0.39 is 0 Å². The average Bonchev–Trinajstić information content (AvgIpc) is 3.02. The molecule has 0 radical (unpaired) electrons. The first kappa shape index (κ1) is 15.8. The number of fused-ring (bicyclic) bond motifs is 3. The highest BCUT2D eigenvalue weighted by molar-refractivity contribution is 5.85. The number of hydrogen-bond acceptors (Lipinski definition) is 6. The van der Waals surface area contributed by atoms with Crippen LogP contribution in [0.2, 0.25) is 0 Å². The minimum atomic E-state index is 0. The van der Waals surface area contributed by atoms with Crippen molar-refractivity contribution in [3.63, 3.8) is 0 Å². The fraction of sp³-hybridized carbons (Fsp3) is 0.462. The van der Waals surface area contributed by atoms with E-state index in [-0.39, 0.29) is 24.8 Å². The number of pyridine rings is 1. The largest absolute Gasteiger partial charge is 0.422 e. The van der Waals surface area contributed by atoms with Gasteiger partial charge in [-0.25, -0.2) is 4.98 Å². The van der Waals surface area contributed by atoms with E-state index in [0.717, 1.165) is 32.6 Å². The lowest BCUT2D eigenvalue weighted by molar-refractivity contribution is 0.304. The molecule has 4 heterocycles. The highest BCUT2D eigenvalue weighted by Crippen LogP contribution is 2.28. The second-order valence-electron chi connectivity index (χ2n) is 5.09. The van der Waals surface area contributed by atoms with Crippen LogP contribution in [-0.4, -0.2) is 47.1 Å². The lowest BCUT2D eigenvalue weighted by atomic mass is 10.2. The molecule has 0 saturated carbocycles. The molecule has 2 aliphatic heterocycles. The third kappa shape index (κ3) is 2.64. The first-order chi connectivity index (χ1) is 9.33. The summed E-state index contributed by atoms with van der Waals surface area (Å²) in [5.74, 6) is 0. The molecular formula is C13H15Cl2N5O. The van der Waals surface area contributed by atoms with Gasteiger partial charge in [0.05, 0.1) is 5.56 Å². The van der Waals surface area contributed by atoms with Crippen molar-refractivity contribution in [2.75, 3.05) is 31.1 Å². The summed E-state index contributed by atoms with van der Waals surface area (Å²) in [7, 11) is 0. The van der Waals surface area contributed by atoms with Crippen LogP contribution in [0.3, 0.4) is 0 Å². The summed E-state index contributed by atoms with van der Waals surface area (Å²) < 4.78 is 5.78.